The molecule has 1 aromatic carbocycles. The molecule has 3 aromatic rings. The second-order valence-corrected chi connectivity index (χ2v) is 11.5. The molecule has 0 saturated carbocycles. The highest BCUT2D eigenvalue weighted by molar-refractivity contribution is 7.92. The number of pyridine rings is 1. The molecule has 0 saturated heterocycles. The lowest BCUT2D eigenvalue weighted by atomic mass is 9.99. The predicted molar refractivity (Wildman–Crippen MR) is 120 cm³/mol. The number of nitrogens with zero attached hydrogens (tertiary/aromatic N) is 4. The highest BCUT2D eigenvalue weighted by atomic mass is 32.2. The first-order valence-corrected chi connectivity index (χ1v) is 13.1. The Kier molecular flexibility index (Phi) is 6.61. The van der Waals surface area contributed by atoms with Crippen LogP contribution in [0.25, 0.3) is 11.3 Å². The molecule has 0 fully saturated rings. The van der Waals surface area contributed by atoms with Crippen molar-refractivity contribution in [1.82, 2.24) is 15.0 Å². The van der Waals surface area contributed by atoms with Gasteiger partial charge in [0.1, 0.15) is 5.82 Å². The molecule has 32 heavy (non-hydrogen) atoms. The van der Waals surface area contributed by atoms with Crippen LogP contribution in [0, 0.1) is 5.82 Å². The van der Waals surface area contributed by atoms with Crippen LogP contribution in [0.3, 0.4) is 0 Å². The van der Waals surface area contributed by atoms with Gasteiger partial charge < -0.3 is 0 Å². The average molecular weight is 479 g/mol. The summed E-state index contributed by atoms with van der Waals surface area (Å²) in [7, 11) is -6.23. The molecule has 0 amide bonds. The molecular weight excluding hydrogens is 455 g/mol. The van der Waals surface area contributed by atoms with E-state index in [-0.39, 0.29) is 22.6 Å². The van der Waals surface area contributed by atoms with Crippen LogP contribution in [0.15, 0.2) is 53.7 Å². The van der Waals surface area contributed by atoms with Gasteiger partial charge >= 0.3 is 0 Å². The van der Waals surface area contributed by atoms with E-state index in [1.54, 1.807) is 12.1 Å². The number of sulfonamides is 1. The van der Waals surface area contributed by atoms with Gasteiger partial charge in [0.15, 0.2) is 14.9 Å². The van der Waals surface area contributed by atoms with Crippen molar-refractivity contribution in [3.05, 3.63) is 65.7 Å². The van der Waals surface area contributed by atoms with Crippen LogP contribution in [0.4, 0.5) is 10.3 Å². The van der Waals surface area contributed by atoms with Gasteiger partial charge in [-0.25, -0.2) is 40.5 Å². The minimum atomic E-state index is -3.87. The molecule has 0 atom stereocenters. The summed E-state index contributed by atoms with van der Waals surface area (Å²) in [6.45, 7) is 3.63. The molecule has 8 nitrogen and oxygen atoms in total. The first kappa shape index (κ1) is 23.7. The molecule has 0 unspecified atom stereocenters. The van der Waals surface area contributed by atoms with Gasteiger partial charge in [-0.05, 0) is 42.3 Å². The van der Waals surface area contributed by atoms with Crippen molar-refractivity contribution >= 4 is 25.8 Å². The van der Waals surface area contributed by atoms with Crippen LogP contribution in [0.1, 0.15) is 31.0 Å². The molecule has 0 aliphatic rings. The van der Waals surface area contributed by atoms with Crippen molar-refractivity contribution in [2.75, 3.05) is 17.6 Å². The molecule has 0 bridgehead atoms. The first-order chi connectivity index (χ1) is 14.9. The molecule has 3 rings (SSSR count). The molecule has 11 heteroatoms. The lowest BCUT2D eigenvalue weighted by Gasteiger charge is -2.21. The molecule has 0 radical (unpaired) electrons. The van der Waals surface area contributed by atoms with Gasteiger partial charge in [0, 0.05) is 24.4 Å². The van der Waals surface area contributed by atoms with E-state index in [1.807, 2.05) is 13.8 Å². The summed E-state index contributed by atoms with van der Waals surface area (Å²) in [5.41, 5.74) is 1.34. The fourth-order valence-electron chi connectivity index (χ4n) is 3.04. The Morgan fingerprint density at radius 3 is 2.19 bits per heavy atom. The Hall–Kier alpha value is -2.92. The molecule has 2 heterocycles. The summed E-state index contributed by atoms with van der Waals surface area (Å²) in [5.74, 6) is -1.28. The third-order valence-corrected chi connectivity index (χ3v) is 7.47. The van der Waals surface area contributed by atoms with E-state index in [1.165, 1.54) is 43.6 Å². The van der Waals surface area contributed by atoms with Crippen LogP contribution >= 0.6 is 0 Å². The van der Waals surface area contributed by atoms with E-state index in [4.69, 9.17) is 0 Å². The summed E-state index contributed by atoms with van der Waals surface area (Å²) in [6, 6.07) is 9.96. The van der Waals surface area contributed by atoms with Crippen molar-refractivity contribution in [2.45, 2.75) is 30.5 Å². The second-order valence-electron chi connectivity index (χ2n) is 7.56. The van der Waals surface area contributed by atoms with Crippen molar-refractivity contribution < 1.29 is 21.2 Å². The maximum atomic E-state index is 13.5. The third-order valence-electron chi connectivity index (χ3n) is 4.76. The van der Waals surface area contributed by atoms with E-state index in [0.29, 0.717) is 16.8 Å². The number of sulfone groups is 1. The number of halogens is 1. The molecular formula is C21H23FN4O4S2. The van der Waals surface area contributed by atoms with Gasteiger partial charge in [-0.3, -0.25) is 0 Å². The van der Waals surface area contributed by atoms with Crippen molar-refractivity contribution in [1.29, 1.82) is 0 Å². The Morgan fingerprint density at radius 2 is 1.66 bits per heavy atom. The quantitative estimate of drug-likeness (QED) is 0.513. The summed E-state index contributed by atoms with van der Waals surface area (Å²) >= 11 is 0. The second kappa shape index (κ2) is 8.91. The maximum absolute atomic E-state index is 13.5. The highest BCUT2D eigenvalue weighted by Crippen LogP contribution is 2.32. The average Bonchev–Trinajstić information content (AvgIpc) is 2.73. The molecule has 0 spiro atoms. The minimum Gasteiger partial charge on any atom is -0.245 e. The number of rotatable bonds is 7. The maximum Gasteiger partial charge on any atom is 0.239 e. The largest absolute Gasteiger partial charge is 0.245 e. The zero-order chi connectivity index (χ0) is 23.7. The van der Waals surface area contributed by atoms with Crippen LogP contribution in [0.2, 0.25) is 0 Å². The van der Waals surface area contributed by atoms with E-state index < -0.39 is 31.4 Å². The van der Waals surface area contributed by atoms with Crippen LogP contribution in [-0.4, -0.2) is 45.1 Å². The molecule has 0 aliphatic carbocycles. The van der Waals surface area contributed by atoms with Gasteiger partial charge in [0.25, 0.3) is 0 Å². The fraction of sp³-hybridized carbons (Fsp3) is 0.286. The van der Waals surface area contributed by atoms with Crippen molar-refractivity contribution in [3.63, 3.8) is 0 Å². The fourth-order valence-corrected chi connectivity index (χ4v) is 4.74. The standard InChI is InChI=1S/C21H23FN4O4S2/c1-14(2)19-17(13-32(29,30)18-7-5-6-12-23-18)20(15-8-10-16(22)11-9-15)25-21(24-19)26(3)31(4,27)28/h5-12,14H,13H2,1-4H3. The SMILES string of the molecule is CC(C)c1nc(N(C)S(C)(=O)=O)nc(-c2ccc(F)cc2)c1CS(=O)(=O)c1ccccn1. The summed E-state index contributed by atoms with van der Waals surface area (Å²) in [5, 5.41) is -0.0999. The van der Waals surface area contributed by atoms with E-state index in [9.17, 15) is 21.2 Å². The van der Waals surface area contributed by atoms with E-state index in [2.05, 4.69) is 15.0 Å². The van der Waals surface area contributed by atoms with Gasteiger partial charge in [-0.2, -0.15) is 0 Å². The van der Waals surface area contributed by atoms with Crippen LogP contribution in [-0.2, 0) is 25.6 Å². The summed E-state index contributed by atoms with van der Waals surface area (Å²) in [6.07, 6.45) is 2.40. The lowest BCUT2D eigenvalue weighted by molar-refractivity contribution is 0.590. The smallest absolute Gasteiger partial charge is 0.239 e. The molecule has 0 aliphatic heterocycles. The summed E-state index contributed by atoms with van der Waals surface area (Å²) in [4.78, 5) is 12.7. The zero-order valence-electron chi connectivity index (χ0n) is 18.0. The minimum absolute atomic E-state index is 0.0999. The van der Waals surface area contributed by atoms with E-state index >= 15 is 0 Å². The number of hydrogen-bond donors (Lipinski definition) is 0. The monoisotopic (exact) mass is 478 g/mol. The summed E-state index contributed by atoms with van der Waals surface area (Å²) < 4.78 is 64.9. The number of aromatic nitrogens is 3. The molecule has 2 aromatic heterocycles. The number of benzene rings is 1. The van der Waals surface area contributed by atoms with Crippen LogP contribution < -0.4 is 4.31 Å². The Labute approximate surface area is 187 Å². The van der Waals surface area contributed by atoms with Crippen molar-refractivity contribution in [3.8, 4) is 11.3 Å². The zero-order valence-corrected chi connectivity index (χ0v) is 19.7. The van der Waals surface area contributed by atoms with Crippen LogP contribution in [0.5, 0.6) is 0 Å². The topological polar surface area (TPSA) is 110 Å². The highest BCUT2D eigenvalue weighted by Gasteiger charge is 2.27. The van der Waals surface area contributed by atoms with Gasteiger partial charge in [-0.15, -0.1) is 0 Å². The Balaban J connectivity index is 2.29. The Morgan fingerprint density at radius 1 is 1.00 bits per heavy atom. The third kappa shape index (κ3) is 5.10. The Bertz CT molecular complexity index is 1330. The molecule has 170 valence electrons. The van der Waals surface area contributed by atoms with Gasteiger partial charge in [0.2, 0.25) is 16.0 Å². The first-order valence-electron chi connectivity index (χ1n) is 9.64. The number of hydrogen-bond acceptors (Lipinski definition) is 7. The predicted octanol–water partition coefficient (Wildman–Crippen LogP) is 3.17. The lowest BCUT2D eigenvalue weighted by Crippen LogP contribution is -2.28. The van der Waals surface area contributed by atoms with E-state index in [0.717, 1.165) is 10.6 Å². The van der Waals surface area contributed by atoms with Gasteiger partial charge in [-0.1, -0.05) is 19.9 Å². The van der Waals surface area contributed by atoms with Crippen molar-refractivity contribution in [2.24, 2.45) is 0 Å². The van der Waals surface area contributed by atoms with Gasteiger partial charge in [0.05, 0.1) is 23.4 Å². The normalized spacial score (nSPS) is 12.2. The number of anilines is 1. The molecule has 0 N–H and O–H groups in total.